The van der Waals surface area contributed by atoms with Gasteiger partial charge in [0.25, 0.3) is 0 Å². The number of hydrogen-bond donors (Lipinski definition) is 3. The number of aliphatic hydroxyl groups is 3. The fraction of sp³-hybridized carbons (Fsp3) is 0.579. The van der Waals surface area contributed by atoms with Crippen molar-refractivity contribution < 1.29 is 38.8 Å². The lowest BCUT2D eigenvalue weighted by molar-refractivity contribution is -0.130. The molecule has 1 aliphatic rings. The van der Waals surface area contributed by atoms with Crippen LogP contribution in [0, 0.1) is 11.2 Å². The standard InChI is InChI=1S/C14H15FO4.C5H12O3/c1-18-13-6-11(12(15)7-14(13)19-2)8-3-9(16)5-10(17)4-8;1-5(2-6,3-7)4-8/h6-8H,3-5H2,1-2H3;6-8H,2-4H2,1H3. The van der Waals surface area contributed by atoms with E-state index in [-0.39, 0.29) is 56.4 Å². The third kappa shape index (κ3) is 6.27. The summed E-state index contributed by atoms with van der Waals surface area (Å²) in [5, 5.41) is 25.4. The van der Waals surface area contributed by atoms with Gasteiger partial charge in [0.1, 0.15) is 17.4 Å². The molecule has 7 nitrogen and oxygen atoms in total. The maximum Gasteiger partial charge on any atom is 0.163 e. The normalized spacial score (nSPS) is 15.2. The average Bonchev–Trinajstić information content (AvgIpc) is 2.66. The number of ether oxygens (including phenoxy) is 2. The van der Waals surface area contributed by atoms with Crippen molar-refractivity contribution in [2.45, 2.75) is 32.1 Å². The molecule has 1 aromatic rings. The maximum atomic E-state index is 14.0. The van der Waals surface area contributed by atoms with Gasteiger partial charge in [-0.25, -0.2) is 4.39 Å². The van der Waals surface area contributed by atoms with Crippen LogP contribution in [0.4, 0.5) is 4.39 Å². The number of rotatable bonds is 6. The van der Waals surface area contributed by atoms with E-state index in [1.54, 1.807) is 6.92 Å². The van der Waals surface area contributed by atoms with Crippen molar-refractivity contribution in [1.29, 1.82) is 0 Å². The Morgan fingerprint density at radius 1 is 1.00 bits per heavy atom. The zero-order valence-corrected chi connectivity index (χ0v) is 15.8. The number of aliphatic hydroxyl groups excluding tert-OH is 3. The Bertz CT molecular complexity index is 631. The summed E-state index contributed by atoms with van der Waals surface area (Å²) < 4.78 is 24.2. The van der Waals surface area contributed by atoms with Crippen molar-refractivity contribution in [3.8, 4) is 11.5 Å². The first-order valence-corrected chi connectivity index (χ1v) is 8.51. The van der Waals surface area contributed by atoms with Crippen LogP contribution >= 0.6 is 0 Å². The van der Waals surface area contributed by atoms with Gasteiger partial charge in [-0.05, 0) is 11.6 Å². The zero-order valence-electron chi connectivity index (χ0n) is 15.8. The molecule has 152 valence electrons. The van der Waals surface area contributed by atoms with Crippen LogP contribution in [0.15, 0.2) is 12.1 Å². The minimum Gasteiger partial charge on any atom is -0.493 e. The first-order valence-electron chi connectivity index (χ1n) is 8.51. The molecule has 1 aliphatic carbocycles. The third-order valence-corrected chi connectivity index (χ3v) is 4.43. The third-order valence-electron chi connectivity index (χ3n) is 4.43. The van der Waals surface area contributed by atoms with Gasteiger partial charge in [0, 0.05) is 30.2 Å². The molecule has 8 heteroatoms. The van der Waals surface area contributed by atoms with Crippen molar-refractivity contribution in [3.63, 3.8) is 0 Å². The zero-order chi connectivity index (χ0) is 20.6. The van der Waals surface area contributed by atoms with Crippen LogP contribution in [0.1, 0.15) is 37.7 Å². The van der Waals surface area contributed by atoms with Crippen LogP contribution in [-0.4, -0.2) is 60.9 Å². The molecule has 1 aromatic carbocycles. The smallest absolute Gasteiger partial charge is 0.163 e. The number of benzene rings is 1. The monoisotopic (exact) mass is 386 g/mol. The second kappa shape index (κ2) is 10.3. The van der Waals surface area contributed by atoms with E-state index in [2.05, 4.69) is 0 Å². The summed E-state index contributed by atoms with van der Waals surface area (Å²) in [5.41, 5.74) is -0.376. The Balaban J connectivity index is 0.000000387. The van der Waals surface area contributed by atoms with Crippen molar-refractivity contribution >= 4 is 11.6 Å². The number of methoxy groups -OCH3 is 2. The summed E-state index contributed by atoms with van der Waals surface area (Å²) in [6.45, 7) is 1.06. The van der Waals surface area contributed by atoms with Crippen LogP contribution < -0.4 is 9.47 Å². The Kier molecular flexibility index (Phi) is 8.81. The molecule has 0 aromatic heterocycles. The molecule has 2 rings (SSSR count). The van der Waals surface area contributed by atoms with Gasteiger partial charge >= 0.3 is 0 Å². The molecule has 0 spiro atoms. The Hall–Kier alpha value is -2.03. The topological polar surface area (TPSA) is 113 Å². The molecule has 0 aliphatic heterocycles. The number of halogens is 1. The molecular formula is C19H27FO7. The number of carbonyl (C=O) groups is 2. The van der Waals surface area contributed by atoms with Gasteiger partial charge in [0.05, 0.1) is 40.5 Å². The van der Waals surface area contributed by atoms with Crippen molar-refractivity contribution in [2.75, 3.05) is 34.0 Å². The van der Waals surface area contributed by atoms with E-state index in [1.807, 2.05) is 0 Å². The second-order valence-electron chi connectivity index (χ2n) is 6.87. The van der Waals surface area contributed by atoms with Crippen molar-refractivity contribution in [3.05, 3.63) is 23.5 Å². The fourth-order valence-electron chi connectivity index (χ4n) is 2.54. The second-order valence-corrected chi connectivity index (χ2v) is 6.87. The molecule has 1 fully saturated rings. The minimum absolute atomic E-state index is 0.0363. The number of Topliss-reactive ketones (excluding diaryl/α,β-unsaturated/α-hetero) is 2. The van der Waals surface area contributed by atoms with Gasteiger partial charge < -0.3 is 24.8 Å². The molecule has 0 amide bonds. The quantitative estimate of drug-likeness (QED) is 0.630. The summed E-state index contributed by atoms with van der Waals surface area (Å²) in [7, 11) is 2.88. The van der Waals surface area contributed by atoms with E-state index in [0.717, 1.165) is 0 Å². The highest BCUT2D eigenvalue weighted by molar-refractivity contribution is 6.02. The molecule has 0 saturated heterocycles. The molecular weight excluding hydrogens is 359 g/mol. The Morgan fingerprint density at radius 2 is 1.44 bits per heavy atom. The van der Waals surface area contributed by atoms with Gasteiger partial charge in [-0.3, -0.25) is 9.59 Å². The van der Waals surface area contributed by atoms with Crippen LogP contribution in [-0.2, 0) is 9.59 Å². The first kappa shape index (κ1) is 23.0. The lowest BCUT2D eigenvalue weighted by Gasteiger charge is -2.22. The van der Waals surface area contributed by atoms with Crippen LogP contribution in [0.3, 0.4) is 0 Å². The lowest BCUT2D eigenvalue weighted by atomic mass is 9.82. The minimum atomic E-state index is -0.708. The van der Waals surface area contributed by atoms with Crippen molar-refractivity contribution in [1.82, 2.24) is 0 Å². The molecule has 0 atom stereocenters. The largest absolute Gasteiger partial charge is 0.493 e. The highest BCUT2D eigenvalue weighted by atomic mass is 19.1. The highest BCUT2D eigenvalue weighted by Gasteiger charge is 2.29. The number of carbonyl (C=O) groups excluding carboxylic acids is 2. The lowest BCUT2D eigenvalue weighted by Crippen LogP contribution is -2.29. The Morgan fingerprint density at radius 3 is 1.81 bits per heavy atom. The first-order chi connectivity index (χ1) is 12.7. The van der Waals surface area contributed by atoms with E-state index < -0.39 is 17.2 Å². The molecule has 0 bridgehead atoms. The van der Waals surface area contributed by atoms with Gasteiger partial charge in [-0.1, -0.05) is 6.92 Å². The average molecular weight is 386 g/mol. The van der Waals surface area contributed by atoms with Crippen LogP contribution in [0.5, 0.6) is 11.5 Å². The summed E-state index contributed by atoms with van der Waals surface area (Å²) in [6.07, 6.45) is 0.349. The maximum absolute atomic E-state index is 14.0. The fourth-order valence-corrected chi connectivity index (χ4v) is 2.54. The van der Waals surface area contributed by atoms with E-state index in [4.69, 9.17) is 24.8 Å². The van der Waals surface area contributed by atoms with E-state index >= 15 is 0 Å². The van der Waals surface area contributed by atoms with E-state index in [9.17, 15) is 14.0 Å². The van der Waals surface area contributed by atoms with Gasteiger partial charge in [-0.15, -0.1) is 0 Å². The molecule has 3 N–H and O–H groups in total. The van der Waals surface area contributed by atoms with Crippen LogP contribution in [0.25, 0.3) is 0 Å². The Labute approximate surface area is 157 Å². The molecule has 0 radical (unpaired) electrons. The molecule has 1 saturated carbocycles. The number of ketones is 2. The van der Waals surface area contributed by atoms with Crippen LogP contribution in [0.2, 0.25) is 0 Å². The van der Waals surface area contributed by atoms with Crippen molar-refractivity contribution in [2.24, 2.45) is 5.41 Å². The van der Waals surface area contributed by atoms with Gasteiger partial charge in [0.15, 0.2) is 11.5 Å². The summed E-state index contributed by atoms with van der Waals surface area (Å²) >= 11 is 0. The predicted molar refractivity (Wildman–Crippen MR) is 95.5 cm³/mol. The predicted octanol–water partition coefficient (Wildman–Crippen LogP) is 1.22. The molecule has 0 unspecified atom stereocenters. The summed E-state index contributed by atoms with van der Waals surface area (Å²) in [6, 6.07) is 2.72. The van der Waals surface area contributed by atoms with E-state index in [0.29, 0.717) is 11.3 Å². The number of hydrogen-bond acceptors (Lipinski definition) is 7. The summed E-state index contributed by atoms with van der Waals surface area (Å²) in [5.74, 6) is -0.494. The van der Waals surface area contributed by atoms with Gasteiger partial charge in [-0.2, -0.15) is 0 Å². The van der Waals surface area contributed by atoms with Gasteiger partial charge in [0.2, 0.25) is 0 Å². The summed E-state index contributed by atoms with van der Waals surface area (Å²) in [4.78, 5) is 22.9. The van der Waals surface area contributed by atoms with E-state index in [1.165, 1.54) is 26.4 Å². The SMILES string of the molecule is CC(CO)(CO)CO.COc1cc(F)c(C2CC(=O)CC(=O)C2)cc1OC. The molecule has 27 heavy (non-hydrogen) atoms. The highest BCUT2D eigenvalue weighted by Crippen LogP contribution is 2.37. The molecule has 0 heterocycles.